The molecule has 212 valence electrons. The normalized spacial score (nSPS) is 22.0. The summed E-state index contributed by atoms with van der Waals surface area (Å²) in [6.07, 6.45) is -6.48. The first-order chi connectivity index (χ1) is 18.6. The third kappa shape index (κ3) is 9.25. The van der Waals surface area contributed by atoms with Crippen LogP contribution in [-0.4, -0.2) is 81.1 Å². The molecule has 39 heavy (non-hydrogen) atoms. The number of esters is 4. The van der Waals surface area contributed by atoms with Gasteiger partial charge in [0.15, 0.2) is 18.3 Å². The van der Waals surface area contributed by atoms with Crippen molar-refractivity contribution >= 4 is 30.2 Å². The van der Waals surface area contributed by atoms with Crippen molar-refractivity contribution in [1.29, 1.82) is 0 Å². The molecule has 1 heterocycles. The predicted octanol–water partition coefficient (Wildman–Crippen LogP) is 1.36. The second-order valence-corrected chi connectivity index (χ2v) is 8.26. The lowest BCUT2D eigenvalue weighted by atomic mass is 9.97. The van der Waals surface area contributed by atoms with Crippen molar-refractivity contribution in [3.8, 4) is 5.75 Å². The van der Waals surface area contributed by atoms with E-state index in [0.29, 0.717) is 30.4 Å². The number of azide groups is 1. The molecular weight excluding hydrogens is 520 g/mol. The van der Waals surface area contributed by atoms with E-state index in [2.05, 4.69) is 15.3 Å². The van der Waals surface area contributed by atoms with Crippen LogP contribution >= 0.6 is 0 Å². The smallest absolute Gasteiger partial charge is 0.339 e. The van der Waals surface area contributed by atoms with Crippen molar-refractivity contribution in [1.82, 2.24) is 5.32 Å². The summed E-state index contributed by atoms with van der Waals surface area (Å²) < 4.78 is 32.5. The molecule has 0 aromatic heterocycles. The van der Waals surface area contributed by atoms with Crippen LogP contribution in [0.3, 0.4) is 0 Å². The van der Waals surface area contributed by atoms with E-state index in [4.69, 9.17) is 34.0 Å². The van der Waals surface area contributed by atoms with Gasteiger partial charge in [-0.05, 0) is 36.7 Å². The molecule has 2 rings (SSSR count). The molecular formula is C24H30N4O11. The van der Waals surface area contributed by atoms with Crippen molar-refractivity contribution in [2.75, 3.05) is 20.2 Å². The Bertz CT molecular complexity index is 1110. The van der Waals surface area contributed by atoms with E-state index >= 15 is 0 Å². The third-order valence-electron chi connectivity index (χ3n) is 5.29. The topological polar surface area (TPSA) is 202 Å². The van der Waals surface area contributed by atoms with Gasteiger partial charge in [-0.25, -0.2) is 4.79 Å². The van der Waals surface area contributed by atoms with Crippen LogP contribution in [0.15, 0.2) is 23.3 Å². The highest BCUT2D eigenvalue weighted by Crippen LogP contribution is 2.32. The fraction of sp³-hybridized carbons (Fsp3) is 0.542. The van der Waals surface area contributed by atoms with Crippen molar-refractivity contribution in [3.05, 3.63) is 39.8 Å². The molecule has 1 fully saturated rings. The monoisotopic (exact) mass is 550 g/mol. The summed E-state index contributed by atoms with van der Waals surface area (Å²) in [5.41, 5.74) is 9.22. The molecule has 0 saturated carbocycles. The minimum absolute atomic E-state index is 0.182. The van der Waals surface area contributed by atoms with Gasteiger partial charge >= 0.3 is 23.9 Å². The van der Waals surface area contributed by atoms with Crippen LogP contribution in [-0.2, 0) is 49.4 Å². The second-order valence-electron chi connectivity index (χ2n) is 8.26. The van der Waals surface area contributed by atoms with Gasteiger partial charge in [0.05, 0.1) is 7.11 Å². The number of rotatable bonds is 13. The minimum atomic E-state index is -1.61. The Hall–Kier alpha value is -4.20. The molecule has 5 atom stereocenters. The van der Waals surface area contributed by atoms with Gasteiger partial charge in [0.1, 0.15) is 12.0 Å². The Morgan fingerprint density at radius 1 is 1.05 bits per heavy atom. The van der Waals surface area contributed by atoms with E-state index in [-0.39, 0.29) is 18.8 Å². The van der Waals surface area contributed by atoms with Gasteiger partial charge in [-0.15, -0.1) is 0 Å². The third-order valence-corrected chi connectivity index (χ3v) is 5.29. The average molecular weight is 551 g/mol. The van der Waals surface area contributed by atoms with E-state index in [0.717, 1.165) is 27.9 Å². The lowest BCUT2D eigenvalue weighted by molar-refractivity contribution is -0.282. The summed E-state index contributed by atoms with van der Waals surface area (Å²) in [4.78, 5) is 62.4. The van der Waals surface area contributed by atoms with Crippen LogP contribution in [0.1, 0.15) is 43.1 Å². The second kappa shape index (κ2) is 15.3. The van der Waals surface area contributed by atoms with Crippen molar-refractivity contribution in [2.45, 2.75) is 64.4 Å². The number of ether oxygens (including phenoxy) is 6. The lowest BCUT2D eigenvalue weighted by Crippen LogP contribution is -2.64. The Morgan fingerprint density at radius 3 is 2.28 bits per heavy atom. The molecule has 1 aliphatic rings. The number of nitrogens with one attached hydrogen (secondary N) is 1. The standard InChI is InChI=1S/C24H30N4O11/c1-13(30)35-19-20(36-14(2)31)22(37-15(3)32)24(39-21(19)23(33)34-4)38-18-7-6-16(12-29)10-17(18)11-26-8-5-9-27-28-25/h6-7,10,12,19-22,24,26H,5,8-9,11H2,1-4H3/t19-,20-,21-,22+,24+/m0/s1. The SMILES string of the molecule is COC(=O)[C@H]1O[C@@H](Oc2ccc(C=O)cc2CNCCCN=[N+]=[N-])[C@H](OC(C)=O)[C@@H](OC(C)=O)[C@@H]1OC(C)=O. The summed E-state index contributed by atoms with van der Waals surface area (Å²) in [6.45, 7) is 4.23. The van der Waals surface area contributed by atoms with Gasteiger partial charge in [-0.3, -0.25) is 19.2 Å². The zero-order valence-electron chi connectivity index (χ0n) is 21.9. The van der Waals surface area contributed by atoms with E-state index in [1.165, 1.54) is 12.1 Å². The highest BCUT2D eigenvalue weighted by molar-refractivity contribution is 5.77. The van der Waals surface area contributed by atoms with Gasteiger partial charge in [0.25, 0.3) is 0 Å². The Balaban J connectivity index is 2.46. The van der Waals surface area contributed by atoms with E-state index in [9.17, 15) is 24.0 Å². The van der Waals surface area contributed by atoms with E-state index in [1.807, 2.05) is 0 Å². The number of hydrogen-bond donors (Lipinski definition) is 1. The molecule has 1 aromatic carbocycles. The first-order valence-corrected chi connectivity index (χ1v) is 11.8. The number of nitrogens with zero attached hydrogens (tertiary/aromatic N) is 3. The Kier molecular flexibility index (Phi) is 12.1. The van der Waals surface area contributed by atoms with Crippen molar-refractivity contribution in [2.24, 2.45) is 5.11 Å². The first kappa shape index (κ1) is 31.0. The molecule has 0 unspecified atom stereocenters. The largest absolute Gasteiger partial charge is 0.467 e. The average Bonchev–Trinajstić information content (AvgIpc) is 2.88. The van der Waals surface area contributed by atoms with Crippen LogP contribution in [0, 0.1) is 0 Å². The minimum Gasteiger partial charge on any atom is -0.467 e. The maximum atomic E-state index is 12.6. The van der Waals surface area contributed by atoms with Crippen LogP contribution in [0.25, 0.3) is 10.4 Å². The first-order valence-electron chi connectivity index (χ1n) is 11.8. The maximum Gasteiger partial charge on any atom is 0.339 e. The molecule has 0 bridgehead atoms. The van der Waals surface area contributed by atoms with Gasteiger partial charge < -0.3 is 33.7 Å². The van der Waals surface area contributed by atoms with Crippen molar-refractivity contribution in [3.63, 3.8) is 0 Å². The summed E-state index contributed by atoms with van der Waals surface area (Å²) in [7, 11) is 1.08. The molecule has 1 aromatic rings. The molecule has 15 heteroatoms. The van der Waals surface area contributed by atoms with Crippen LogP contribution in [0.5, 0.6) is 5.75 Å². The van der Waals surface area contributed by atoms with Gasteiger partial charge in [0.2, 0.25) is 12.4 Å². The molecule has 0 amide bonds. The molecule has 0 radical (unpaired) electrons. The number of methoxy groups -OCH3 is 1. The lowest BCUT2D eigenvalue weighted by Gasteiger charge is -2.43. The number of carbonyl (C=O) groups excluding carboxylic acids is 5. The van der Waals surface area contributed by atoms with E-state index in [1.54, 1.807) is 6.07 Å². The molecule has 15 nitrogen and oxygen atoms in total. The summed E-state index contributed by atoms with van der Waals surface area (Å²) in [5, 5.41) is 6.58. The highest BCUT2D eigenvalue weighted by Gasteiger charge is 2.55. The number of benzene rings is 1. The predicted molar refractivity (Wildman–Crippen MR) is 130 cm³/mol. The fourth-order valence-corrected chi connectivity index (χ4v) is 3.77. The van der Waals surface area contributed by atoms with Crippen molar-refractivity contribution < 1.29 is 52.4 Å². The fourth-order valence-electron chi connectivity index (χ4n) is 3.77. The molecule has 1 aliphatic heterocycles. The van der Waals surface area contributed by atoms with Gasteiger partial charge in [-0.2, -0.15) is 0 Å². The summed E-state index contributed by atoms with van der Waals surface area (Å²) >= 11 is 0. The van der Waals surface area contributed by atoms with Crippen LogP contribution in [0.2, 0.25) is 0 Å². The van der Waals surface area contributed by atoms with Crippen LogP contribution < -0.4 is 10.1 Å². The Morgan fingerprint density at radius 2 is 1.69 bits per heavy atom. The Labute approximate surface area is 223 Å². The molecule has 1 saturated heterocycles. The van der Waals surface area contributed by atoms with Gasteiger partial charge in [-0.1, -0.05) is 5.11 Å². The molecule has 1 N–H and O–H groups in total. The number of carbonyl (C=O) groups is 5. The quantitative estimate of drug-likeness (QED) is 0.0704. The summed E-state index contributed by atoms with van der Waals surface area (Å²) in [6, 6.07) is 4.50. The molecule has 0 spiro atoms. The summed E-state index contributed by atoms with van der Waals surface area (Å²) in [5.74, 6) is -3.23. The number of hydrogen-bond acceptors (Lipinski definition) is 13. The zero-order valence-corrected chi connectivity index (χ0v) is 21.9. The number of aldehydes is 1. The molecule has 0 aliphatic carbocycles. The highest BCUT2D eigenvalue weighted by atomic mass is 16.7. The van der Waals surface area contributed by atoms with Crippen LogP contribution in [0.4, 0.5) is 0 Å². The maximum absolute atomic E-state index is 12.6. The van der Waals surface area contributed by atoms with E-state index < -0.39 is 54.6 Å². The zero-order chi connectivity index (χ0) is 28.9. The van der Waals surface area contributed by atoms with Gasteiger partial charge in [0, 0.05) is 49.9 Å².